The summed E-state index contributed by atoms with van der Waals surface area (Å²) in [6.07, 6.45) is 0.997. The van der Waals surface area contributed by atoms with E-state index in [0.717, 1.165) is 23.2 Å². The molecule has 16 heavy (non-hydrogen) atoms. The van der Waals surface area contributed by atoms with E-state index in [9.17, 15) is 4.79 Å². The van der Waals surface area contributed by atoms with Gasteiger partial charge in [0.15, 0.2) is 0 Å². The zero-order valence-electron chi connectivity index (χ0n) is 10.0. The second kappa shape index (κ2) is 3.81. The topological polar surface area (TPSA) is 55.1 Å². The first-order chi connectivity index (χ1) is 7.50. The van der Waals surface area contributed by atoms with E-state index in [-0.39, 0.29) is 11.8 Å². The number of nitrogens with one attached hydrogen (secondary N) is 1. The Balaban J connectivity index is 2.20. The standard InChI is InChI=1S/C13H18N2O/c1-7-4-5-11(14)12(9(7)3)15-13(16)10-6-8(10)2/h4-5,8,10H,6,14H2,1-3H3,(H,15,16). The monoisotopic (exact) mass is 218 g/mol. The molecule has 0 heterocycles. The lowest BCUT2D eigenvalue weighted by Crippen LogP contribution is -2.16. The summed E-state index contributed by atoms with van der Waals surface area (Å²) < 4.78 is 0. The van der Waals surface area contributed by atoms with Crippen LogP contribution in [0, 0.1) is 25.7 Å². The highest BCUT2D eigenvalue weighted by Gasteiger charge is 2.39. The van der Waals surface area contributed by atoms with Gasteiger partial charge in [0.1, 0.15) is 0 Å². The third-order valence-corrected chi connectivity index (χ3v) is 3.46. The molecular formula is C13H18N2O. The van der Waals surface area contributed by atoms with Gasteiger partial charge in [-0.2, -0.15) is 0 Å². The van der Waals surface area contributed by atoms with Gasteiger partial charge in [0, 0.05) is 5.92 Å². The molecule has 0 aromatic heterocycles. The molecule has 3 nitrogen and oxygen atoms in total. The Morgan fingerprint density at radius 2 is 2.06 bits per heavy atom. The molecule has 0 bridgehead atoms. The van der Waals surface area contributed by atoms with Crippen molar-refractivity contribution >= 4 is 17.3 Å². The van der Waals surface area contributed by atoms with Gasteiger partial charge in [-0.15, -0.1) is 0 Å². The highest BCUT2D eigenvalue weighted by atomic mass is 16.2. The summed E-state index contributed by atoms with van der Waals surface area (Å²) in [5, 5.41) is 2.95. The van der Waals surface area contributed by atoms with Crippen molar-refractivity contribution in [2.75, 3.05) is 11.1 Å². The average Bonchev–Trinajstić information content (AvgIpc) is 2.96. The van der Waals surface area contributed by atoms with Crippen molar-refractivity contribution in [1.82, 2.24) is 0 Å². The van der Waals surface area contributed by atoms with E-state index in [4.69, 9.17) is 5.73 Å². The molecule has 0 spiro atoms. The number of rotatable bonds is 2. The van der Waals surface area contributed by atoms with Crippen LogP contribution >= 0.6 is 0 Å². The Morgan fingerprint density at radius 3 is 2.62 bits per heavy atom. The van der Waals surface area contributed by atoms with E-state index in [1.54, 1.807) is 0 Å². The first-order valence-corrected chi connectivity index (χ1v) is 5.67. The van der Waals surface area contributed by atoms with Crippen molar-refractivity contribution in [3.8, 4) is 0 Å². The van der Waals surface area contributed by atoms with Gasteiger partial charge in [-0.05, 0) is 43.4 Å². The van der Waals surface area contributed by atoms with Crippen molar-refractivity contribution in [2.45, 2.75) is 27.2 Å². The van der Waals surface area contributed by atoms with Gasteiger partial charge < -0.3 is 11.1 Å². The van der Waals surface area contributed by atoms with Crippen molar-refractivity contribution in [2.24, 2.45) is 11.8 Å². The lowest BCUT2D eigenvalue weighted by atomic mass is 10.1. The van der Waals surface area contributed by atoms with Crippen LogP contribution in [-0.2, 0) is 4.79 Å². The second-order valence-electron chi connectivity index (χ2n) is 4.78. The SMILES string of the molecule is Cc1ccc(N)c(NC(=O)C2CC2C)c1C. The summed E-state index contributed by atoms with van der Waals surface area (Å²) in [4.78, 5) is 11.8. The zero-order valence-corrected chi connectivity index (χ0v) is 10.0. The van der Waals surface area contributed by atoms with E-state index in [0.29, 0.717) is 11.6 Å². The minimum atomic E-state index is 0.105. The average molecular weight is 218 g/mol. The Kier molecular flexibility index (Phi) is 2.62. The van der Waals surface area contributed by atoms with Gasteiger partial charge in [-0.25, -0.2) is 0 Å². The molecule has 3 heteroatoms. The number of carbonyl (C=O) groups excluding carboxylic acids is 1. The normalized spacial score (nSPS) is 22.9. The first kappa shape index (κ1) is 11.0. The predicted molar refractivity (Wildman–Crippen MR) is 66.2 cm³/mol. The van der Waals surface area contributed by atoms with E-state index >= 15 is 0 Å². The number of amides is 1. The molecule has 2 rings (SSSR count). The molecule has 0 aliphatic heterocycles. The van der Waals surface area contributed by atoms with Crippen molar-refractivity contribution in [1.29, 1.82) is 0 Å². The number of carbonyl (C=O) groups is 1. The number of hydrogen-bond acceptors (Lipinski definition) is 2. The molecule has 0 radical (unpaired) electrons. The van der Waals surface area contributed by atoms with Crippen molar-refractivity contribution in [3.63, 3.8) is 0 Å². The molecule has 1 fully saturated rings. The number of hydrogen-bond donors (Lipinski definition) is 2. The van der Waals surface area contributed by atoms with Crippen LogP contribution in [0.4, 0.5) is 11.4 Å². The molecule has 1 aliphatic carbocycles. The van der Waals surface area contributed by atoms with Crippen LogP contribution < -0.4 is 11.1 Å². The maximum absolute atomic E-state index is 11.8. The zero-order chi connectivity index (χ0) is 11.9. The molecule has 1 aromatic carbocycles. The third kappa shape index (κ3) is 1.90. The van der Waals surface area contributed by atoms with Gasteiger partial charge in [0.2, 0.25) is 5.91 Å². The van der Waals surface area contributed by atoms with Crippen LogP contribution in [0.1, 0.15) is 24.5 Å². The molecule has 86 valence electrons. The van der Waals surface area contributed by atoms with Crippen molar-refractivity contribution < 1.29 is 4.79 Å². The van der Waals surface area contributed by atoms with Gasteiger partial charge in [0.05, 0.1) is 11.4 Å². The fraction of sp³-hybridized carbons (Fsp3) is 0.462. The molecule has 1 saturated carbocycles. The quantitative estimate of drug-likeness (QED) is 0.749. The Hall–Kier alpha value is -1.51. The molecule has 1 aromatic rings. The number of nitrogen functional groups attached to an aromatic ring is 1. The van der Waals surface area contributed by atoms with Crippen LogP contribution in [0.2, 0.25) is 0 Å². The van der Waals surface area contributed by atoms with E-state index in [2.05, 4.69) is 12.2 Å². The number of benzene rings is 1. The summed E-state index contributed by atoms with van der Waals surface area (Å²) in [5.74, 6) is 0.804. The van der Waals surface area contributed by atoms with Gasteiger partial charge in [-0.3, -0.25) is 4.79 Å². The molecule has 1 amide bonds. The molecule has 3 N–H and O–H groups in total. The second-order valence-corrected chi connectivity index (χ2v) is 4.78. The fourth-order valence-corrected chi connectivity index (χ4v) is 1.91. The highest BCUT2D eigenvalue weighted by molar-refractivity contribution is 5.98. The Morgan fingerprint density at radius 1 is 1.44 bits per heavy atom. The molecular weight excluding hydrogens is 200 g/mol. The summed E-state index contributed by atoms with van der Waals surface area (Å²) in [6, 6.07) is 3.81. The minimum absolute atomic E-state index is 0.105. The summed E-state index contributed by atoms with van der Waals surface area (Å²) >= 11 is 0. The molecule has 2 atom stereocenters. The summed E-state index contributed by atoms with van der Waals surface area (Å²) in [7, 11) is 0. The summed E-state index contributed by atoms with van der Waals surface area (Å²) in [6.45, 7) is 6.10. The van der Waals surface area contributed by atoms with E-state index in [1.165, 1.54) is 0 Å². The van der Waals surface area contributed by atoms with Gasteiger partial charge in [0.25, 0.3) is 0 Å². The van der Waals surface area contributed by atoms with Crippen molar-refractivity contribution in [3.05, 3.63) is 23.3 Å². The number of anilines is 2. The van der Waals surface area contributed by atoms with E-state index < -0.39 is 0 Å². The lowest BCUT2D eigenvalue weighted by Gasteiger charge is -2.13. The predicted octanol–water partition coefficient (Wildman–Crippen LogP) is 2.48. The Labute approximate surface area is 96.0 Å². The largest absolute Gasteiger partial charge is 0.397 e. The van der Waals surface area contributed by atoms with Crippen LogP contribution in [0.25, 0.3) is 0 Å². The maximum Gasteiger partial charge on any atom is 0.227 e. The van der Waals surface area contributed by atoms with Gasteiger partial charge in [-0.1, -0.05) is 13.0 Å². The minimum Gasteiger partial charge on any atom is -0.397 e. The van der Waals surface area contributed by atoms with Crippen LogP contribution in [0.15, 0.2) is 12.1 Å². The van der Waals surface area contributed by atoms with Gasteiger partial charge >= 0.3 is 0 Å². The molecule has 1 aliphatic rings. The van der Waals surface area contributed by atoms with Crippen LogP contribution in [-0.4, -0.2) is 5.91 Å². The van der Waals surface area contributed by atoms with Crippen LogP contribution in [0.5, 0.6) is 0 Å². The lowest BCUT2D eigenvalue weighted by molar-refractivity contribution is -0.117. The third-order valence-electron chi connectivity index (χ3n) is 3.46. The number of nitrogens with two attached hydrogens (primary N) is 1. The smallest absolute Gasteiger partial charge is 0.227 e. The highest BCUT2D eigenvalue weighted by Crippen LogP contribution is 2.39. The van der Waals surface area contributed by atoms with E-state index in [1.807, 2.05) is 26.0 Å². The van der Waals surface area contributed by atoms with Crippen LogP contribution in [0.3, 0.4) is 0 Å². The number of aryl methyl sites for hydroxylation is 1. The fourth-order valence-electron chi connectivity index (χ4n) is 1.91. The molecule has 2 unspecified atom stereocenters. The summed E-state index contributed by atoms with van der Waals surface area (Å²) in [5.41, 5.74) is 9.51. The molecule has 0 saturated heterocycles. The maximum atomic E-state index is 11.8. The Bertz CT molecular complexity index is 440. The first-order valence-electron chi connectivity index (χ1n) is 5.67.